The van der Waals surface area contributed by atoms with Gasteiger partial charge in [-0.15, -0.1) is 0 Å². The van der Waals surface area contributed by atoms with Crippen LogP contribution in [-0.4, -0.2) is 39.4 Å². The van der Waals surface area contributed by atoms with Gasteiger partial charge in [0.2, 0.25) is 0 Å². The van der Waals surface area contributed by atoms with Crippen LogP contribution in [-0.2, 0) is 19.5 Å². The summed E-state index contributed by atoms with van der Waals surface area (Å²) in [6.45, 7) is 4.46. The van der Waals surface area contributed by atoms with E-state index >= 15 is 0 Å². The zero-order chi connectivity index (χ0) is 20.4. The van der Waals surface area contributed by atoms with E-state index in [0.29, 0.717) is 29.5 Å². The molecule has 0 unspecified atom stereocenters. The Morgan fingerprint density at radius 1 is 1.17 bits per heavy atom. The van der Waals surface area contributed by atoms with Gasteiger partial charge in [0.25, 0.3) is 11.8 Å². The van der Waals surface area contributed by atoms with Crippen LogP contribution in [0, 0.1) is 11.7 Å². The summed E-state index contributed by atoms with van der Waals surface area (Å²) in [6, 6.07) is 6.37. The third-order valence-corrected chi connectivity index (χ3v) is 5.99. The fourth-order valence-corrected chi connectivity index (χ4v) is 4.14. The number of benzene rings is 1. The maximum atomic E-state index is 13.8. The maximum Gasteiger partial charge on any atom is 0.289 e. The third kappa shape index (κ3) is 4.04. The summed E-state index contributed by atoms with van der Waals surface area (Å²) >= 11 is 0. The molecule has 0 atom stereocenters. The summed E-state index contributed by atoms with van der Waals surface area (Å²) in [5, 5.41) is 2.76. The van der Waals surface area contributed by atoms with Crippen LogP contribution in [0.2, 0.25) is 0 Å². The molecule has 1 saturated heterocycles. The number of nitrogens with zero attached hydrogens (tertiary/aromatic N) is 3. The Balaban J connectivity index is 1.55. The zero-order valence-corrected chi connectivity index (χ0v) is 16.8. The molecule has 29 heavy (non-hydrogen) atoms. The number of piperidine rings is 1. The van der Waals surface area contributed by atoms with E-state index in [2.05, 4.69) is 17.2 Å². The molecular weight excluding hydrogens is 371 g/mol. The zero-order valence-electron chi connectivity index (χ0n) is 16.8. The van der Waals surface area contributed by atoms with Gasteiger partial charge in [0.05, 0.1) is 5.69 Å². The Bertz CT molecular complexity index is 916. The second kappa shape index (κ2) is 8.35. The van der Waals surface area contributed by atoms with E-state index in [4.69, 9.17) is 0 Å². The average molecular weight is 398 g/mol. The fraction of sp³-hybridized carbons (Fsp3) is 0.500. The number of fused-ring (bicyclic) bond motifs is 1. The monoisotopic (exact) mass is 398 g/mol. The van der Waals surface area contributed by atoms with Crippen LogP contribution >= 0.6 is 0 Å². The molecule has 0 saturated carbocycles. The Morgan fingerprint density at radius 3 is 2.69 bits per heavy atom. The molecule has 1 fully saturated rings. The molecule has 2 aliphatic heterocycles. The van der Waals surface area contributed by atoms with Crippen LogP contribution in [0.3, 0.4) is 0 Å². The summed E-state index contributed by atoms with van der Waals surface area (Å²) < 4.78 is 15.8. The van der Waals surface area contributed by atoms with Crippen LogP contribution in [0.15, 0.2) is 24.3 Å². The van der Waals surface area contributed by atoms with Gasteiger partial charge in [-0.2, -0.15) is 0 Å². The van der Waals surface area contributed by atoms with Crippen molar-refractivity contribution in [3.8, 4) is 0 Å². The van der Waals surface area contributed by atoms with Gasteiger partial charge in [0, 0.05) is 31.7 Å². The first-order chi connectivity index (χ1) is 14.0. The number of aromatic nitrogens is 2. The van der Waals surface area contributed by atoms with Crippen molar-refractivity contribution in [3.63, 3.8) is 0 Å². The average Bonchev–Trinajstić information content (AvgIpc) is 3.13. The first-order valence-corrected chi connectivity index (χ1v) is 10.4. The van der Waals surface area contributed by atoms with Crippen molar-refractivity contribution in [1.29, 1.82) is 0 Å². The standard InChI is InChI=1S/C22H27FN4O2/c1-15-9-12-26(13-10-15)22(29)20-25-19(18-8-4-5-11-27(18)20)21(28)24-14-16-6-2-3-7-17(16)23/h2-3,6-7,15H,4-5,8-14H2,1H3,(H,24,28). The number of nitrogens with one attached hydrogen (secondary N) is 1. The van der Waals surface area contributed by atoms with E-state index in [-0.39, 0.29) is 24.2 Å². The lowest BCUT2D eigenvalue weighted by Crippen LogP contribution is -2.39. The normalized spacial score (nSPS) is 17.1. The highest BCUT2D eigenvalue weighted by Crippen LogP contribution is 2.24. The fourth-order valence-electron chi connectivity index (χ4n) is 4.14. The minimum absolute atomic E-state index is 0.0884. The predicted molar refractivity (Wildman–Crippen MR) is 107 cm³/mol. The Labute approximate surface area is 170 Å². The summed E-state index contributed by atoms with van der Waals surface area (Å²) in [4.78, 5) is 32.3. The molecule has 1 N–H and O–H groups in total. The third-order valence-electron chi connectivity index (χ3n) is 5.99. The quantitative estimate of drug-likeness (QED) is 0.860. The number of imidazole rings is 1. The highest BCUT2D eigenvalue weighted by molar-refractivity contribution is 5.97. The summed E-state index contributed by atoms with van der Waals surface area (Å²) in [7, 11) is 0. The number of carbonyl (C=O) groups is 2. The molecule has 0 radical (unpaired) electrons. The lowest BCUT2D eigenvalue weighted by Gasteiger charge is -2.30. The van der Waals surface area contributed by atoms with Gasteiger partial charge in [0.1, 0.15) is 11.5 Å². The van der Waals surface area contributed by atoms with Crippen molar-refractivity contribution in [2.24, 2.45) is 5.92 Å². The molecular formula is C22H27FN4O2. The van der Waals surface area contributed by atoms with E-state index in [1.54, 1.807) is 18.2 Å². The number of halogens is 1. The number of rotatable bonds is 4. The molecule has 6 nitrogen and oxygen atoms in total. The van der Waals surface area contributed by atoms with Crippen molar-refractivity contribution in [2.45, 2.75) is 52.1 Å². The van der Waals surface area contributed by atoms with Crippen LogP contribution in [0.25, 0.3) is 0 Å². The molecule has 154 valence electrons. The van der Waals surface area contributed by atoms with E-state index in [9.17, 15) is 14.0 Å². The first-order valence-electron chi connectivity index (χ1n) is 10.4. The molecule has 1 aromatic heterocycles. The molecule has 1 aromatic carbocycles. The number of likely N-dealkylation sites (tertiary alicyclic amines) is 1. The molecule has 2 aromatic rings. The van der Waals surface area contributed by atoms with Crippen molar-refractivity contribution in [3.05, 3.63) is 52.9 Å². The lowest BCUT2D eigenvalue weighted by molar-refractivity contribution is 0.0678. The second-order valence-electron chi connectivity index (χ2n) is 8.09. The summed E-state index contributed by atoms with van der Waals surface area (Å²) in [5.41, 5.74) is 1.54. The Morgan fingerprint density at radius 2 is 1.93 bits per heavy atom. The minimum Gasteiger partial charge on any atom is -0.346 e. The predicted octanol–water partition coefficient (Wildman–Crippen LogP) is 3.16. The van der Waals surface area contributed by atoms with Gasteiger partial charge in [-0.25, -0.2) is 9.37 Å². The van der Waals surface area contributed by atoms with Crippen LogP contribution in [0.4, 0.5) is 4.39 Å². The smallest absolute Gasteiger partial charge is 0.289 e. The molecule has 0 bridgehead atoms. The van der Waals surface area contributed by atoms with E-state index in [1.807, 2.05) is 9.47 Å². The van der Waals surface area contributed by atoms with Crippen molar-refractivity contribution in [1.82, 2.24) is 19.8 Å². The van der Waals surface area contributed by atoms with Crippen LogP contribution in [0.1, 0.15) is 65.0 Å². The summed E-state index contributed by atoms with van der Waals surface area (Å²) in [5.74, 6) is 0.201. The topological polar surface area (TPSA) is 67.2 Å². The van der Waals surface area contributed by atoms with Gasteiger partial charge in [0.15, 0.2) is 5.82 Å². The number of hydrogen-bond acceptors (Lipinski definition) is 3. The SMILES string of the molecule is CC1CCN(C(=O)c2nc(C(=O)NCc3ccccc3F)c3n2CCCC3)CC1. The number of hydrogen-bond donors (Lipinski definition) is 1. The van der Waals surface area contributed by atoms with Crippen molar-refractivity contribution in [2.75, 3.05) is 13.1 Å². The number of carbonyl (C=O) groups excluding carboxylic acids is 2. The van der Waals surface area contributed by atoms with Crippen LogP contribution < -0.4 is 5.32 Å². The maximum absolute atomic E-state index is 13.8. The van der Waals surface area contributed by atoms with E-state index in [1.165, 1.54) is 6.07 Å². The van der Waals surface area contributed by atoms with Gasteiger partial charge >= 0.3 is 0 Å². The second-order valence-corrected chi connectivity index (χ2v) is 8.09. The van der Waals surface area contributed by atoms with Crippen molar-refractivity contribution < 1.29 is 14.0 Å². The highest BCUT2D eigenvalue weighted by Gasteiger charge is 2.31. The largest absolute Gasteiger partial charge is 0.346 e. The Kier molecular flexibility index (Phi) is 5.65. The molecule has 4 rings (SSSR count). The van der Waals surface area contributed by atoms with Gasteiger partial charge in [-0.05, 0) is 44.1 Å². The van der Waals surface area contributed by atoms with E-state index < -0.39 is 0 Å². The van der Waals surface area contributed by atoms with E-state index in [0.717, 1.165) is 50.9 Å². The molecule has 0 aliphatic carbocycles. The van der Waals surface area contributed by atoms with Crippen molar-refractivity contribution >= 4 is 11.8 Å². The minimum atomic E-state index is -0.356. The van der Waals surface area contributed by atoms with Gasteiger partial charge in [-0.3, -0.25) is 9.59 Å². The summed E-state index contributed by atoms with van der Waals surface area (Å²) in [6.07, 6.45) is 4.65. The molecule has 0 spiro atoms. The van der Waals surface area contributed by atoms with Gasteiger partial charge < -0.3 is 14.8 Å². The lowest BCUT2D eigenvalue weighted by atomic mass is 9.99. The Hall–Kier alpha value is -2.70. The molecule has 2 amide bonds. The highest BCUT2D eigenvalue weighted by atomic mass is 19.1. The first kappa shape index (κ1) is 19.6. The molecule has 2 aliphatic rings. The molecule has 3 heterocycles. The van der Waals surface area contributed by atoms with Gasteiger partial charge in [-0.1, -0.05) is 25.1 Å². The number of amides is 2. The van der Waals surface area contributed by atoms with Crippen LogP contribution in [0.5, 0.6) is 0 Å². The molecule has 7 heteroatoms.